The zero-order valence-corrected chi connectivity index (χ0v) is 16.2. The number of aryl methyl sites for hydroxylation is 1. The van der Waals surface area contributed by atoms with Gasteiger partial charge in [-0.3, -0.25) is 14.5 Å². The smallest absolute Gasteiger partial charge is 0.409 e. The number of likely N-dealkylation sites (N-methyl/N-ethyl adjacent to an activating group) is 1. The van der Waals surface area contributed by atoms with E-state index in [2.05, 4.69) is 5.32 Å². The summed E-state index contributed by atoms with van der Waals surface area (Å²) in [6, 6.07) is 7.50. The molecule has 1 fully saturated rings. The minimum atomic E-state index is -0.312. The standard InChI is InChI=1S/C19H28N4O4/c1-4-27-19(26)23-11-9-22(10-12-23)14-18(25)21(3)13-17(24)20-16-7-5-15(2)6-8-16/h5-8H,4,9-14H2,1-3H3,(H,20,24). The van der Waals surface area contributed by atoms with Crippen LogP contribution in [0, 0.1) is 6.92 Å². The molecule has 1 aromatic rings. The van der Waals surface area contributed by atoms with Crippen molar-refractivity contribution in [1.29, 1.82) is 0 Å². The molecule has 2 rings (SSSR count). The number of rotatable bonds is 6. The Hall–Kier alpha value is -2.61. The maximum atomic E-state index is 12.4. The number of piperazine rings is 1. The van der Waals surface area contributed by atoms with Gasteiger partial charge in [-0.2, -0.15) is 0 Å². The van der Waals surface area contributed by atoms with Crippen molar-refractivity contribution in [2.45, 2.75) is 13.8 Å². The van der Waals surface area contributed by atoms with E-state index in [9.17, 15) is 14.4 Å². The van der Waals surface area contributed by atoms with Crippen molar-refractivity contribution in [2.24, 2.45) is 0 Å². The minimum Gasteiger partial charge on any atom is -0.450 e. The molecule has 8 nitrogen and oxygen atoms in total. The molecule has 8 heteroatoms. The Labute approximate surface area is 160 Å². The molecule has 0 atom stereocenters. The number of anilines is 1. The van der Waals surface area contributed by atoms with Gasteiger partial charge in [-0.05, 0) is 26.0 Å². The number of amides is 3. The maximum absolute atomic E-state index is 12.4. The monoisotopic (exact) mass is 376 g/mol. The SMILES string of the molecule is CCOC(=O)N1CCN(CC(=O)N(C)CC(=O)Nc2ccc(C)cc2)CC1. The van der Waals surface area contributed by atoms with Crippen molar-refractivity contribution in [2.75, 3.05) is 58.2 Å². The lowest BCUT2D eigenvalue weighted by atomic mass is 10.2. The zero-order chi connectivity index (χ0) is 19.8. The van der Waals surface area contributed by atoms with Crippen molar-refractivity contribution in [3.63, 3.8) is 0 Å². The molecule has 1 heterocycles. The average molecular weight is 376 g/mol. The molecule has 1 N–H and O–H groups in total. The van der Waals surface area contributed by atoms with Gasteiger partial charge >= 0.3 is 6.09 Å². The van der Waals surface area contributed by atoms with Crippen LogP contribution in [0.1, 0.15) is 12.5 Å². The summed E-state index contributed by atoms with van der Waals surface area (Å²) in [5.41, 5.74) is 1.82. The van der Waals surface area contributed by atoms with Gasteiger partial charge in [0.1, 0.15) is 0 Å². The Kier molecular flexibility index (Phi) is 7.60. The summed E-state index contributed by atoms with van der Waals surface area (Å²) in [5.74, 6) is -0.361. The van der Waals surface area contributed by atoms with Crippen LogP contribution in [0.15, 0.2) is 24.3 Å². The van der Waals surface area contributed by atoms with Gasteiger partial charge in [-0.25, -0.2) is 4.79 Å². The summed E-state index contributed by atoms with van der Waals surface area (Å²) in [6.45, 7) is 6.60. The van der Waals surface area contributed by atoms with E-state index in [1.807, 2.05) is 36.1 Å². The molecule has 0 radical (unpaired) electrons. The highest BCUT2D eigenvalue weighted by atomic mass is 16.6. The molecular formula is C19H28N4O4. The Morgan fingerprint density at radius 2 is 1.74 bits per heavy atom. The maximum Gasteiger partial charge on any atom is 0.409 e. The first-order chi connectivity index (χ1) is 12.9. The highest BCUT2D eigenvalue weighted by Crippen LogP contribution is 2.09. The normalized spacial score (nSPS) is 14.6. The van der Waals surface area contributed by atoms with Crippen molar-refractivity contribution in [3.05, 3.63) is 29.8 Å². The van der Waals surface area contributed by atoms with Crippen LogP contribution >= 0.6 is 0 Å². The molecule has 0 unspecified atom stereocenters. The second-order valence-corrected chi connectivity index (χ2v) is 6.63. The molecule has 0 bridgehead atoms. The first-order valence-corrected chi connectivity index (χ1v) is 9.13. The first kappa shape index (κ1) is 20.7. The van der Waals surface area contributed by atoms with Gasteiger partial charge in [0, 0.05) is 38.9 Å². The fraction of sp³-hybridized carbons (Fsp3) is 0.526. The zero-order valence-electron chi connectivity index (χ0n) is 16.2. The second-order valence-electron chi connectivity index (χ2n) is 6.63. The van der Waals surface area contributed by atoms with E-state index in [1.54, 1.807) is 18.9 Å². The predicted molar refractivity (Wildman–Crippen MR) is 102 cm³/mol. The molecule has 148 valence electrons. The fourth-order valence-corrected chi connectivity index (χ4v) is 2.76. The van der Waals surface area contributed by atoms with Gasteiger partial charge in [0.05, 0.1) is 19.7 Å². The highest BCUT2D eigenvalue weighted by Gasteiger charge is 2.24. The van der Waals surface area contributed by atoms with Crippen molar-refractivity contribution < 1.29 is 19.1 Å². The van der Waals surface area contributed by atoms with Crippen LogP contribution in [-0.4, -0.2) is 85.5 Å². The molecule has 0 spiro atoms. The topological polar surface area (TPSA) is 82.2 Å². The molecule has 0 aromatic heterocycles. The van der Waals surface area contributed by atoms with E-state index in [1.165, 1.54) is 4.90 Å². The molecule has 1 aromatic carbocycles. The number of ether oxygens (including phenoxy) is 1. The van der Waals surface area contributed by atoms with E-state index in [0.717, 1.165) is 5.56 Å². The molecule has 3 amide bonds. The van der Waals surface area contributed by atoms with Gasteiger partial charge in [-0.15, -0.1) is 0 Å². The van der Waals surface area contributed by atoms with E-state index in [0.29, 0.717) is 38.5 Å². The van der Waals surface area contributed by atoms with E-state index < -0.39 is 0 Å². The van der Waals surface area contributed by atoms with Crippen LogP contribution in [0.2, 0.25) is 0 Å². The Bertz CT molecular complexity index is 654. The number of carbonyl (C=O) groups excluding carboxylic acids is 3. The summed E-state index contributed by atoms with van der Waals surface area (Å²) < 4.78 is 4.98. The van der Waals surface area contributed by atoms with Crippen LogP contribution in [0.3, 0.4) is 0 Å². The first-order valence-electron chi connectivity index (χ1n) is 9.13. The Morgan fingerprint density at radius 3 is 2.33 bits per heavy atom. The van der Waals surface area contributed by atoms with Crippen LogP contribution < -0.4 is 5.32 Å². The molecular weight excluding hydrogens is 348 g/mol. The molecule has 27 heavy (non-hydrogen) atoms. The molecule has 0 aliphatic carbocycles. The van der Waals surface area contributed by atoms with Gasteiger partial charge in [0.2, 0.25) is 11.8 Å². The lowest BCUT2D eigenvalue weighted by Crippen LogP contribution is -2.51. The van der Waals surface area contributed by atoms with Gasteiger partial charge < -0.3 is 19.9 Å². The third-order valence-electron chi connectivity index (χ3n) is 4.40. The molecule has 0 saturated carbocycles. The Balaban J connectivity index is 1.73. The largest absolute Gasteiger partial charge is 0.450 e. The quantitative estimate of drug-likeness (QED) is 0.806. The third kappa shape index (κ3) is 6.56. The summed E-state index contributed by atoms with van der Waals surface area (Å²) in [4.78, 5) is 41.2. The molecule has 1 aliphatic rings. The summed E-state index contributed by atoms with van der Waals surface area (Å²) >= 11 is 0. The summed E-state index contributed by atoms with van der Waals surface area (Å²) in [5, 5.41) is 2.78. The predicted octanol–water partition coefficient (Wildman–Crippen LogP) is 1.17. The number of benzene rings is 1. The Morgan fingerprint density at radius 1 is 1.11 bits per heavy atom. The van der Waals surface area contributed by atoms with E-state index in [4.69, 9.17) is 4.74 Å². The van der Waals surface area contributed by atoms with Gasteiger partial charge in [0.25, 0.3) is 0 Å². The lowest BCUT2D eigenvalue weighted by Gasteiger charge is -2.34. The van der Waals surface area contributed by atoms with Crippen molar-refractivity contribution in [3.8, 4) is 0 Å². The van der Waals surface area contributed by atoms with Crippen molar-refractivity contribution >= 4 is 23.6 Å². The minimum absolute atomic E-state index is 0.00446. The van der Waals surface area contributed by atoms with Crippen LogP contribution in [0.4, 0.5) is 10.5 Å². The second kappa shape index (κ2) is 9.91. The molecule has 1 aliphatic heterocycles. The van der Waals surface area contributed by atoms with E-state index in [-0.39, 0.29) is 31.0 Å². The summed E-state index contributed by atoms with van der Waals surface area (Å²) in [6.07, 6.45) is -0.312. The van der Waals surface area contributed by atoms with Gasteiger partial charge in [0.15, 0.2) is 0 Å². The van der Waals surface area contributed by atoms with Crippen LogP contribution in [0.5, 0.6) is 0 Å². The average Bonchev–Trinajstić information content (AvgIpc) is 2.64. The van der Waals surface area contributed by atoms with Crippen LogP contribution in [0.25, 0.3) is 0 Å². The number of nitrogens with zero attached hydrogens (tertiary/aromatic N) is 3. The molecule has 1 saturated heterocycles. The third-order valence-corrected chi connectivity index (χ3v) is 4.40. The number of carbonyl (C=O) groups is 3. The van der Waals surface area contributed by atoms with Crippen molar-refractivity contribution in [1.82, 2.24) is 14.7 Å². The lowest BCUT2D eigenvalue weighted by molar-refractivity contribution is -0.134. The number of hydrogen-bond acceptors (Lipinski definition) is 5. The highest BCUT2D eigenvalue weighted by molar-refractivity contribution is 5.94. The fourth-order valence-electron chi connectivity index (χ4n) is 2.76. The number of hydrogen-bond donors (Lipinski definition) is 1. The van der Waals surface area contributed by atoms with Crippen LogP contribution in [-0.2, 0) is 14.3 Å². The van der Waals surface area contributed by atoms with E-state index >= 15 is 0 Å². The summed E-state index contributed by atoms with van der Waals surface area (Å²) in [7, 11) is 1.62. The van der Waals surface area contributed by atoms with Gasteiger partial charge in [-0.1, -0.05) is 17.7 Å². The number of nitrogens with one attached hydrogen (secondary N) is 1.